The quantitative estimate of drug-likeness (QED) is 0.439. The maximum Gasteiger partial charge on any atom is 0.321 e. The van der Waals surface area contributed by atoms with E-state index in [1.54, 1.807) is 30.3 Å². The van der Waals surface area contributed by atoms with Crippen molar-refractivity contribution < 1.29 is 29.1 Å². The molecule has 32 heavy (non-hydrogen) atoms. The third-order valence-electron chi connectivity index (χ3n) is 5.07. The Kier molecular flexibility index (Phi) is 5.35. The second-order valence-corrected chi connectivity index (χ2v) is 8.10. The summed E-state index contributed by atoms with van der Waals surface area (Å²) in [6, 6.07) is 11.0. The van der Waals surface area contributed by atoms with Gasteiger partial charge in [0.2, 0.25) is 0 Å². The third-order valence-corrected chi connectivity index (χ3v) is 6.44. The molecule has 0 spiro atoms. The maximum atomic E-state index is 15.0. The van der Waals surface area contributed by atoms with Gasteiger partial charge in [-0.1, -0.05) is 30.0 Å². The van der Waals surface area contributed by atoms with Crippen LogP contribution in [0.25, 0.3) is 16.8 Å². The summed E-state index contributed by atoms with van der Waals surface area (Å²) in [5, 5.41) is 28.0. The van der Waals surface area contributed by atoms with Crippen LogP contribution in [0.5, 0.6) is 11.5 Å². The number of benzene rings is 2. The summed E-state index contributed by atoms with van der Waals surface area (Å²) in [4.78, 5) is 35.2. The number of thioether (sulfide) groups is 1. The van der Waals surface area contributed by atoms with Crippen LogP contribution in [-0.2, 0) is 4.79 Å². The molecule has 1 aromatic heterocycles. The van der Waals surface area contributed by atoms with Gasteiger partial charge in [0.1, 0.15) is 22.6 Å². The predicted molar refractivity (Wildman–Crippen MR) is 113 cm³/mol. The maximum absolute atomic E-state index is 15.0. The topological polar surface area (TPSA) is 132 Å². The molecule has 2 heterocycles. The molecule has 4 rings (SSSR count). The van der Waals surface area contributed by atoms with Crippen molar-refractivity contribution in [2.75, 3.05) is 7.11 Å². The molecule has 0 radical (unpaired) electrons. The minimum Gasteiger partial charge on any atom is -0.506 e. The van der Waals surface area contributed by atoms with Crippen LogP contribution in [0.1, 0.15) is 21.8 Å². The van der Waals surface area contributed by atoms with Gasteiger partial charge in [-0.15, -0.1) is 0 Å². The SMILES string of the molecule is COc1cccc(-c2ccc(-n3cc(O)c4c(c3=O)C(C(=O)O)SC4[N+](=O)[O-])c(F)c2)c1. The number of ether oxygens (including phenoxy) is 1. The van der Waals surface area contributed by atoms with Crippen molar-refractivity contribution in [1.29, 1.82) is 0 Å². The van der Waals surface area contributed by atoms with Crippen LogP contribution < -0.4 is 10.3 Å². The monoisotopic (exact) mass is 458 g/mol. The zero-order chi connectivity index (χ0) is 23.2. The lowest BCUT2D eigenvalue weighted by Crippen LogP contribution is -2.26. The lowest BCUT2D eigenvalue weighted by molar-refractivity contribution is -0.500. The number of aromatic hydroxyl groups is 1. The number of fused-ring (bicyclic) bond motifs is 1. The number of carboxylic acid groups (broad SMARTS) is 1. The molecule has 2 aromatic carbocycles. The van der Waals surface area contributed by atoms with E-state index in [-0.39, 0.29) is 11.3 Å². The number of hydrogen-bond acceptors (Lipinski definition) is 7. The number of aromatic nitrogens is 1. The highest BCUT2D eigenvalue weighted by Crippen LogP contribution is 2.52. The number of carboxylic acids is 1. The van der Waals surface area contributed by atoms with Crippen LogP contribution in [0.2, 0.25) is 0 Å². The number of aliphatic carboxylic acids is 1. The Bertz CT molecular complexity index is 1320. The molecular weight excluding hydrogens is 443 g/mol. The molecule has 1 aliphatic heterocycles. The van der Waals surface area contributed by atoms with Gasteiger partial charge in [-0.05, 0) is 35.4 Å². The molecule has 11 heteroatoms. The summed E-state index contributed by atoms with van der Waals surface area (Å²) >= 11 is 0.418. The van der Waals surface area contributed by atoms with Crippen LogP contribution in [0.3, 0.4) is 0 Å². The first kappa shape index (κ1) is 21.4. The highest BCUT2D eigenvalue weighted by Gasteiger charge is 2.47. The molecule has 1 aliphatic rings. The molecular formula is C21H15FN2O7S. The number of nitrogens with zero attached hydrogens (tertiary/aromatic N) is 2. The van der Waals surface area contributed by atoms with Gasteiger partial charge in [-0.3, -0.25) is 24.3 Å². The van der Waals surface area contributed by atoms with E-state index < -0.39 is 44.2 Å². The minimum atomic E-state index is -1.62. The van der Waals surface area contributed by atoms with Gasteiger partial charge in [-0.25, -0.2) is 4.39 Å². The van der Waals surface area contributed by atoms with Crippen molar-refractivity contribution in [3.8, 4) is 28.3 Å². The van der Waals surface area contributed by atoms with Crippen LogP contribution in [0, 0.1) is 15.9 Å². The Morgan fingerprint density at radius 2 is 1.94 bits per heavy atom. The van der Waals surface area contributed by atoms with E-state index in [1.165, 1.54) is 19.2 Å². The zero-order valence-corrected chi connectivity index (χ0v) is 17.2. The lowest BCUT2D eigenvalue weighted by Gasteiger charge is -2.13. The van der Waals surface area contributed by atoms with E-state index in [0.29, 0.717) is 28.6 Å². The third kappa shape index (κ3) is 3.46. The van der Waals surface area contributed by atoms with Gasteiger partial charge >= 0.3 is 5.97 Å². The molecule has 0 saturated heterocycles. The number of nitro groups is 1. The first-order valence-electron chi connectivity index (χ1n) is 9.17. The van der Waals surface area contributed by atoms with Crippen LogP contribution >= 0.6 is 11.8 Å². The second kappa shape index (κ2) is 8.00. The summed E-state index contributed by atoms with van der Waals surface area (Å²) in [6.07, 6.45) is 0.867. The van der Waals surface area contributed by atoms with Crippen molar-refractivity contribution in [2.45, 2.75) is 10.6 Å². The van der Waals surface area contributed by atoms with E-state index in [9.17, 15) is 29.9 Å². The zero-order valence-electron chi connectivity index (χ0n) is 16.4. The van der Waals surface area contributed by atoms with Gasteiger partial charge < -0.3 is 14.9 Å². The average molecular weight is 458 g/mol. The van der Waals surface area contributed by atoms with Crippen molar-refractivity contribution in [2.24, 2.45) is 0 Å². The van der Waals surface area contributed by atoms with E-state index in [4.69, 9.17) is 4.74 Å². The van der Waals surface area contributed by atoms with Gasteiger partial charge in [0, 0.05) is 4.92 Å². The summed E-state index contributed by atoms with van der Waals surface area (Å²) in [7, 11) is 1.50. The molecule has 0 bridgehead atoms. The fourth-order valence-electron chi connectivity index (χ4n) is 3.61. The Morgan fingerprint density at radius 1 is 1.22 bits per heavy atom. The lowest BCUT2D eigenvalue weighted by atomic mass is 10.0. The van der Waals surface area contributed by atoms with Gasteiger partial charge in [0.15, 0.2) is 0 Å². The van der Waals surface area contributed by atoms with Crippen molar-refractivity contribution in [1.82, 2.24) is 4.57 Å². The first-order valence-corrected chi connectivity index (χ1v) is 10.1. The summed E-state index contributed by atoms with van der Waals surface area (Å²) < 4.78 is 20.9. The van der Waals surface area contributed by atoms with Crippen LogP contribution in [-0.4, -0.2) is 32.8 Å². The number of carbonyl (C=O) groups is 1. The van der Waals surface area contributed by atoms with Crippen molar-refractivity contribution >= 4 is 17.7 Å². The number of pyridine rings is 1. The Morgan fingerprint density at radius 3 is 2.56 bits per heavy atom. The van der Waals surface area contributed by atoms with E-state index in [1.807, 2.05) is 0 Å². The summed E-state index contributed by atoms with van der Waals surface area (Å²) in [6.45, 7) is 0. The highest BCUT2D eigenvalue weighted by molar-refractivity contribution is 8.00. The average Bonchev–Trinajstić information content (AvgIpc) is 3.19. The highest BCUT2D eigenvalue weighted by atomic mass is 32.2. The fraction of sp³-hybridized carbons (Fsp3) is 0.143. The van der Waals surface area contributed by atoms with Gasteiger partial charge in [0.05, 0.1) is 30.1 Å². The largest absolute Gasteiger partial charge is 0.506 e. The standard InChI is InChI=1S/C21H15FN2O7S/c1-31-12-4-2-3-10(7-12)11-5-6-14(13(22)8-11)23-9-15(25)16-17(19(23)26)18(21(27)28)32-20(16)24(29)30/h2-9,18,20,25H,1H3,(H,27,28). The van der Waals surface area contributed by atoms with Crippen LogP contribution in [0.15, 0.2) is 53.5 Å². The fourth-order valence-corrected chi connectivity index (χ4v) is 4.83. The smallest absolute Gasteiger partial charge is 0.321 e. The predicted octanol–water partition coefficient (Wildman–Crippen LogP) is 3.51. The number of methoxy groups -OCH3 is 1. The second-order valence-electron chi connectivity index (χ2n) is 6.91. The molecule has 0 fully saturated rings. The number of rotatable bonds is 5. The molecule has 0 saturated carbocycles. The molecule has 2 atom stereocenters. The van der Waals surface area contributed by atoms with Crippen molar-refractivity contribution in [3.05, 3.63) is 86.1 Å². The molecule has 164 valence electrons. The molecule has 2 N–H and O–H groups in total. The van der Waals surface area contributed by atoms with Gasteiger partial charge in [0.25, 0.3) is 10.9 Å². The van der Waals surface area contributed by atoms with Crippen molar-refractivity contribution in [3.63, 3.8) is 0 Å². The normalized spacial score (nSPS) is 17.1. The summed E-state index contributed by atoms with van der Waals surface area (Å²) in [5.74, 6) is -2.36. The number of halogens is 1. The Hall–Kier alpha value is -3.86. The van der Waals surface area contributed by atoms with E-state index >= 15 is 4.39 Å². The molecule has 3 aromatic rings. The first-order chi connectivity index (χ1) is 15.2. The van der Waals surface area contributed by atoms with Gasteiger partial charge in [-0.2, -0.15) is 0 Å². The van der Waals surface area contributed by atoms with Crippen LogP contribution in [0.4, 0.5) is 4.39 Å². The Balaban J connectivity index is 1.86. The minimum absolute atomic E-state index is 0.238. The molecule has 0 aliphatic carbocycles. The van der Waals surface area contributed by atoms with E-state index in [2.05, 4.69) is 0 Å². The van der Waals surface area contributed by atoms with E-state index in [0.717, 1.165) is 10.8 Å². The molecule has 0 amide bonds. The molecule has 2 unspecified atom stereocenters. The molecule has 9 nitrogen and oxygen atoms in total. The number of hydrogen-bond donors (Lipinski definition) is 2. The summed E-state index contributed by atoms with van der Waals surface area (Å²) in [5.41, 5.74) is -0.845. The Labute approximate surface area is 183 Å².